The molecule has 0 aromatic rings. The van der Waals surface area contributed by atoms with Crippen LogP contribution in [0.4, 0.5) is 0 Å². The van der Waals surface area contributed by atoms with E-state index in [9.17, 15) is 0 Å². The van der Waals surface area contributed by atoms with Gasteiger partial charge in [0, 0.05) is 12.8 Å². The fraction of sp³-hybridized carbons (Fsp3) is 0.947. The summed E-state index contributed by atoms with van der Waals surface area (Å²) in [6, 6.07) is 0. The first-order valence-electron chi connectivity index (χ1n) is 9.56. The van der Waals surface area contributed by atoms with Gasteiger partial charge in [-0.05, 0) is 55.3 Å². The molecule has 120 valence electrons. The molecule has 0 bridgehead atoms. The van der Waals surface area contributed by atoms with E-state index in [0.717, 1.165) is 36.6 Å². The van der Waals surface area contributed by atoms with E-state index in [1.807, 2.05) is 0 Å². The number of fused-ring (bicyclic) bond motifs is 1. The first kappa shape index (κ1) is 15.5. The molecule has 6 atom stereocenters. The molecular formula is C19H34N2. The normalized spacial score (nSPS) is 39.8. The van der Waals surface area contributed by atoms with Gasteiger partial charge in [-0.3, -0.25) is 10.3 Å². The number of aliphatic imine (C=N–C) groups is 1. The number of nitrogens with zero attached hydrogens (tertiary/aromatic N) is 1. The smallest absolute Gasteiger partial charge is 0.102 e. The van der Waals surface area contributed by atoms with Gasteiger partial charge in [-0.1, -0.05) is 46.0 Å². The van der Waals surface area contributed by atoms with Gasteiger partial charge in [-0.25, -0.2) is 0 Å². The molecule has 6 unspecified atom stereocenters. The second kappa shape index (κ2) is 7.26. The van der Waals surface area contributed by atoms with Crippen LogP contribution in [0.1, 0.15) is 71.6 Å². The summed E-state index contributed by atoms with van der Waals surface area (Å²) < 4.78 is 0. The summed E-state index contributed by atoms with van der Waals surface area (Å²) >= 11 is 0. The van der Waals surface area contributed by atoms with Crippen LogP contribution in [0.25, 0.3) is 0 Å². The third-order valence-electron chi connectivity index (χ3n) is 6.37. The Labute approximate surface area is 131 Å². The lowest BCUT2D eigenvalue weighted by molar-refractivity contribution is 0.303. The molecule has 2 nitrogen and oxygen atoms in total. The predicted octanol–water partition coefficient (Wildman–Crippen LogP) is 4.65. The largest absolute Gasteiger partial charge is 0.295 e. The Hall–Kier alpha value is -0.370. The maximum atomic E-state index is 4.64. The standard InChI is InChI=1S/C19H34N2/c1-3-4-7-15-8-5-9-16-17(18(15)16)11-10-14(2)19-20-12-6-13-21-19/h12,14-19,21H,3-11,13H2,1-2H3. The van der Waals surface area contributed by atoms with Crippen LogP contribution in [0, 0.1) is 29.6 Å². The molecule has 1 N–H and O–H groups in total. The van der Waals surface area contributed by atoms with Crippen molar-refractivity contribution < 1.29 is 0 Å². The molecule has 2 heteroatoms. The van der Waals surface area contributed by atoms with Gasteiger partial charge in [-0.15, -0.1) is 0 Å². The number of hydrogen-bond donors (Lipinski definition) is 1. The first-order chi connectivity index (χ1) is 10.3. The molecule has 0 radical (unpaired) electrons. The Bertz CT molecular complexity index is 351. The van der Waals surface area contributed by atoms with Crippen LogP contribution < -0.4 is 5.32 Å². The van der Waals surface area contributed by atoms with Gasteiger partial charge in [0.05, 0.1) is 0 Å². The average molecular weight is 290 g/mol. The SMILES string of the molecule is CCCCC1CCCC2C(CCC(C)C3N=CCCN3)C12. The molecule has 0 saturated heterocycles. The van der Waals surface area contributed by atoms with Gasteiger partial charge < -0.3 is 0 Å². The summed E-state index contributed by atoms with van der Waals surface area (Å²) in [6.45, 7) is 5.84. The fourth-order valence-electron chi connectivity index (χ4n) is 5.10. The average Bonchev–Trinajstić information content (AvgIpc) is 3.25. The summed E-state index contributed by atoms with van der Waals surface area (Å²) in [6.07, 6.45) is 15.4. The van der Waals surface area contributed by atoms with Crippen LogP contribution in [0.15, 0.2) is 4.99 Å². The van der Waals surface area contributed by atoms with E-state index in [0.29, 0.717) is 12.1 Å². The molecule has 0 aromatic carbocycles. The Balaban J connectivity index is 1.43. The molecule has 21 heavy (non-hydrogen) atoms. The summed E-state index contributed by atoms with van der Waals surface area (Å²) in [5, 5.41) is 3.56. The first-order valence-corrected chi connectivity index (χ1v) is 9.56. The van der Waals surface area contributed by atoms with Gasteiger partial charge in [0.1, 0.15) is 6.17 Å². The topological polar surface area (TPSA) is 24.4 Å². The van der Waals surface area contributed by atoms with Crippen molar-refractivity contribution in [3.05, 3.63) is 0 Å². The Morgan fingerprint density at radius 1 is 1.29 bits per heavy atom. The van der Waals surface area contributed by atoms with Gasteiger partial charge in [0.15, 0.2) is 0 Å². The molecule has 0 amide bonds. The lowest BCUT2D eigenvalue weighted by atomic mass is 9.85. The molecule has 0 spiro atoms. The van der Waals surface area contributed by atoms with Crippen LogP contribution in [0.5, 0.6) is 0 Å². The number of nitrogens with one attached hydrogen (secondary N) is 1. The van der Waals surface area contributed by atoms with E-state index in [1.54, 1.807) is 0 Å². The Morgan fingerprint density at radius 3 is 2.95 bits per heavy atom. The zero-order chi connectivity index (χ0) is 14.7. The second-order valence-electron chi connectivity index (χ2n) is 7.81. The minimum atomic E-state index is 0.399. The van der Waals surface area contributed by atoms with Crippen molar-refractivity contribution >= 4 is 6.21 Å². The lowest BCUT2D eigenvalue weighted by Gasteiger charge is -2.24. The zero-order valence-corrected chi connectivity index (χ0v) is 14.1. The highest BCUT2D eigenvalue weighted by Gasteiger charge is 2.54. The minimum absolute atomic E-state index is 0.399. The van der Waals surface area contributed by atoms with Crippen LogP contribution in [-0.2, 0) is 0 Å². The van der Waals surface area contributed by atoms with Gasteiger partial charge in [0.25, 0.3) is 0 Å². The molecule has 1 aliphatic heterocycles. The highest BCUT2D eigenvalue weighted by molar-refractivity contribution is 5.58. The van der Waals surface area contributed by atoms with Gasteiger partial charge in [-0.2, -0.15) is 0 Å². The minimum Gasteiger partial charge on any atom is -0.295 e. The van der Waals surface area contributed by atoms with Crippen molar-refractivity contribution in [1.82, 2.24) is 5.32 Å². The highest BCUT2D eigenvalue weighted by atomic mass is 15.1. The molecule has 3 rings (SSSR count). The van der Waals surface area contributed by atoms with Crippen molar-refractivity contribution in [2.75, 3.05) is 6.54 Å². The van der Waals surface area contributed by atoms with Crippen molar-refractivity contribution in [3.63, 3.8) is 0 Å². The molecular weight excluding hydrogens is 256 g/mol. The summed E-state index contributed by atoms with van der Waals surface area (Å²) in [4.78, 5) is 4.64. The second-order valence-corrected chi connectivity index (χ2v) is 7.81. The molecule has 2 fully saturated rings. The van der Waals surface area contributed by atoms with Crippen molar-refractivity contribution in [3.8, 4) is 0 Å². The van der Waals surface area contributed by atoms with Gasteiger partial charge >= 0.3 is 0 Å². The van der Waals surface area contributed by atoms with E-state index in [4.69, 9.17) is 0 Å². The number of rotatable bonds is 7. The van der Waals surface area contributed by atoms with E-state index in [-0.39, 0.29) is 0 Å². The monoisotopic (exact) mass is 290 g/mol. The molecule has 0 aromatic heterocycles. The van der Waals surface area contributed by atoms with Crippen LogP contribution in [0.3, 0.4) is 0 Å². The number of unbranched alkanes of at least 4 members (excludes halogenated alkanes) is 1. The maximum absolute atomic E-state index is 4.64. The maximum Gasteiger partial charge on any atom is 0.102 e. The number of hydrogen-bond acceptors (Lipinski definition) is 2. The fourth-order valence-corrected chi connectivity index (χ4v) is 5.10. The van der Waals surface area contributed by atoms with Crippen molar-refractivity contribution in [2.45, 2.75) is 77.8 Å². The molecule has 3 aliphatic rings. The van der Waals surface area contributed by atoms with E-state index in [2.05, 4.69) is 30.4 Å². The van der Waals surface area contributed by atoms with Crippen LogP contribution in [-0.4, -0.2) is 18.9 Å². The third-order valence-corrected chi connectivity index (χ3v) is 6.37. The molecule has 1 heterocycles. The van der Waals surface area contributed by atoms with Gasteiger partial charge in [0.2, 0.25) is 0 Å². The predicted molar refractivity (Wildman–Crippen MR) is 90.6 cm³/mol. The van der Waals surface area contributed by atoms with E-state index in [1.165, 1.54) is 51.4 Å². The molecule has 2 saturated carbocycles. The van der Waals surface area contributed by atoms with Crippen LogP contribution in [0.2, 0.25) is 0 Å². The molecule has 2 aliphatic carbocycles. The van der Waals surface area contributed by atoms with Crippen LogP contribution >= 0.6 is 0 Å². The Morgan fingerprint density at radius 2 is 2.19 bits per heavy atom. The Kier molecular flexibility index (Phi) is 5.37. The lowest BCUT2D eigenvalue weighted by Crippen LogP contribution is -2.37. The third kappa shape index (κ3) is 3.70. The van der Waals surface area contributed by atoms with Crippen molar-refractivity contribution in [2.24, 2.45) is 34.6 Å². The quantitative estimate of drug-likeness (QED) is 0.725. The summed E-state index contributed by atoms with van der Waals surface area (Å²) in [5.74, 6) is 5.08. The highest BCUT2D eigenvalue weighted by Crippen LogP contribution is 2.61. The van der Waals surface area contributed by atoms with E-state index < -0.39 is 0 Å². The van der Waals surface area contributed by atoms with Crippen molar-refractivity contribution in [1.29, 1.82) is 0 Å². The summed E-state index contributed by atoms with van der Waals surface area (Å²) in [7, 11) is 0. The zero-order valence-electron chi connectivity index (χ0n) is 14.1. The van der Waals surface area contributed by atoms with E-state index >= 15 is 0 Å². The summed E-state index contributed by atoms with van der Waals surface area (Å²) in [5.41, 5.74) is 0.